The predicted molar refractivity (Wildman–Crippen MR) is 122 cm³/mol. The van der Waals surface area contributed by atoms with E-state index in [2.05, 4.69) is 46.1 Å². The number of aromatic nitrogens is 3. The predicted octanol–water partition coefficient (Wildman–Crippen LogP) is 4.20. The van der Waals surface area contributed by atoms with Crippen LogP contribution in [0.2, 0.25) is 0 Å². The average Bonchev–Trinajstić information content (AvgIpc) is 3.22. The number of amides is 1. The molecule has 1 aromatic carbocycles. The van der Waals surface area contributed by atoms with Crippen molar-refractivity contribution in [1.82, 2.24) is 19.9 Å². The van der Waals surface area contributed by atoms with Gasteiger partial charge >= 0.3 is 0 Å². The number of benzene rings is 1. The molecule has 6 nitrogen and oxygen atoms in total. The normalized spacial score (nSPS) is 18.3. The Kier molecular flexibility index (Phi) is 5.84. The van der Waals surface area contributed by atoms with E-state index >= 15 is 0 Å². The van der Waals surface area contributed by atoms with Crippen LogP contribution >= 0.6 is 0 Å². The lowest BCUT2D eigenvalue weighted by molar-refractivity contribution is -0.132. The van der Waals surface area contributed by atoms with Crippen LogP contribution < -0.4 is 4.74 Å². The molecule has 0 saturated carbocycles. The first-order valence-corrected chi connectivity index (χ1v) is 11.4. The van der Waals surface area contributed by atoms with Crippen molar-refractivity contribution >= 4 is 5.91 Å². The molecule has 4 heterocycles. The molecule has 3 aromatic rings. The minimum absolute atomic E-state index is 0.251. The van der Waals surface area contributed by atoms with Crippen molar-refractivity contribution in [2.45, 2.75) is 51.0 Å². The summed E-state index contributed by atoms with van der Waals surface area (Å²) in [6, 6.07) is 10.5. The number of carbonyl (C=O) groups excluding carboxylic acids is 1. The van der Waals surface area contributed by atoms with E-state index in [0.29, 0.717) is 12.3 Å². The summed E-state index contributed by atoms with van der Waals surface area (Å²) in [6.07, 6.45) is 11.5. The molecule has 1 saturated heterocycles. The maximum Gasteiger partial charge on any atom is 0.222 e. The first-order valence-electron chi connectivity index (χ1n) is 11.4. The Morgan fingerprint density at radius 1 is 1.06 bits per heavy atom. The van der Waals surface area contributed by atoms with Gasteiger partial charge in [0.1, 0.15) is 18.2 Å². The molecule has 2 aliphatic heterocycles. The Bertz CT molecular complexity index is 1080. The van der Waals surface area contributed by atoms with Crippen molar-refractivity contribution in [2.24, 2.45) is 0 Å². The number of likely N-dealkylation sites (tertiary alicyclic amines) is 1. The third-order valence-electron chi connectivity index (χ3n) is 6.53. The lowest BCUT2D eigenvalue weighted by atomic mass is 9.92. The highest BCUT2D eigenvalue weighted by atomic mass is 16.5. The Morgan fingerprint density at radius 2 is 1.88 bits per heavy atom. The summed E-state index contributed by atoms with van der Waals surface area (Å²) in [5, 5.41) is 0. The molecule has 1 fully saturated rings. The number of nitrogens with zero attached hydrogens (tertiary/aromatic N) is 4. The van der Waals surface area contributed by atoms with Gasteiger partial charge in [-0.1, -0.05) is 18.2 Å². The van der Waals surface area contributed by atoms with Gasteiger partial charge in [-0.3, -0.25) is 9.78 Å². The first-order chi connectivity index (χ1) is 15.7. The highest BCUT2D eigenvalue weighted by molar-refractivity contribution is 5.76. The highest BCUT2D eigenvalue weighted by Gasteiger charge is 2.25. The third kappa shape index (κ3) is 4.49. The number of rotatable bonds is 5. The Hall–Kier alpha value is -3.28. The van der Waals surface area contributed by atoms with Crippen LogP contribution in [-0.2, 0) is 17.6 Å². The number of ether oxygens (including phenoxy) is 1. The van der Waals surface area contributed by atoms with Gasteiger partial charge in [-0.05, 0) is 49.4 Å². The van der Waals surface area contributed by atoms with Crippen molar-refractivity contribution in [3.05, 3.63) is 72.1 Å². The largest absolute Gasteiger partial charge is 0.490 e. The molecule has 32 heavy (non-hydrogen) atoms. The summed E-state index contributed by atoms with van der Waals surface area (Å²) in [6.45, 7) is 3.69. The van der Waals surface area contributed by atoms with Crippen LogP contribution in [0.5, 0.6) is 5.75 Å². The van der Waals surface area contributed by atoms with Gasteiger partial charge in [0, 0.05) is 67.3 Å². The van der Waals surface area contributed by atoms with Gasteiger partial charge in [-0.2, -0.15) is 0 Å². The molecule has 5 rings (SSSR count). The number of piperidine rings is 1. The number of pyridine rings is 1. The molecular formula is C26H28N4O2. The number of carbonyl (C=O) groups is 1. The van der Waals surface area contributed by atoms with Crippen molar-refractivity contribution in [2.75, 3.05) is 13.1 Å². The first kappa shape index (κ1) is 20.6. The van der Waals surface area contributed by atoms with Crippen molar-refractivity contribution in [3.8, 4) is 16.9 Å². The van der Waals surface area contributed by atoms with Gasteiger partial charge in [0.25, 0.3) is 0 Å². The molecule has 2 aliphatic rings. The molecule has 0 N–H and O–H groups in total. The van der Waals surface area contributed by atoms with Gasteiger partial charge in [-0.25, -0.2) is 9.97 Å². The van der Waals surface area contributed by atoms with Crippen LogP contribution in [0.3, 0.4) is 0 Å². The smallest absolute Gasteiger partial charge is 0.222 e. The van der Waals surface area contributed by atoms with Crippen molar-refractivity contribution in [1.29, 1.82) is 0 Å². The molecule has 0 aliphatic carbocycles. The summed E-state index contributed by atoms with van der Waals surface area (Å²) >= 11 is 0. The second-order valence-corrected chi connectivity index (χ2v) is 8.83. The quantitative estimate of drug-likeness (QED) is 0.609. The summed E-state index contributed by atoms with van der Waals surface area (Å²) in [5.41, 5.74) is 5.58. The van der Waals surface area contributed by atoms with Crippen LogP contribution in [0.1, 0.15) is 48.9 Å². The monoisotopic (exact) mass is 428 g/mol. The maximum atomic E-state index is 12.8. The number of aryl methyl sites for hydroxylation is 1. The van der Waals surface area contributed by atoms with Gasteiger partial charge in [0.2, 0.25) is 5.91 Å². The SMILES string of the molecule is C[C@@H]1Cc2cc(CCC(=O)N3CCC(c4ccc(-c5cncnc5)cn4)CC3)ccc2O1. The lowest BCUT2D eigenvalue weighted by Crippen LogP contribution is -2.38. The van der Waals surface area contributed by atoms with Crippen molar-refractivity contribution in [3.63, 3.8) is 0 Å². The van der Waals surface area contributed by atoms with Gasteiger partial charge in [0.15, 0.2) is 0 Å². The Balaban J connectivity index is 1.12. The number of hydrogen-bond donors (Lipinski definition) is 0. The Morgan fingerprint density at radius 3 is 2.62 bits per heavy atom. The number of fused-ring (bicyclic) bond motifs is 1. The zero-order chi connectivity index (χ0) is 21.9. The average molecular weight is 429 g/mol. The molecule has 164 valence electrons. The second kappa shape index (κ2) is 9.07. The lowest BCUT2D eigenvalue weighted by Gasteiger charge is -2.32. The second-order valence-electron chi connectivity index (χ2n) is 8.83. The fourth-order valence-electron chi connectivity index (χ4n) is 4.73. The molecule has 1 amide bonds. The van der Waals surface area contributed by atoms with Crippen LogP contribution in [-0.4, -0.2) is 45.0 Å². The molecular weight excluding hydrogens is 400 g/mol. The molecule has 0 spiro atoms. The fourth-order valence-corrected chi connectivity index (χ4v) is 4.73. The molecule has 2 aromatic heterocycles. The summed E-state index contributed by atoms with van der Waals surface area (Å²) in [7, 11) is 0. The summed E-state index contributed by atoms with van der Waals surface area (Å²) < 4.78 is 5.77. The van der Waals surface area contributed by atoms with Crippen LogP contribution in [0.4, 0.5) is 0 Å². The topological polar surface area (TPSA) is 68.2 Å². The summed E-state index contributed by atoms with van der Waals surface area (Å²) in [5.74, 6) is 1.65. The van der Waals surface area contributed by atoms with E-state index in [0.717, 1.165) is 61.3 Å². The Labute approximate surface area is 188 Å². The van der Waals surface area contributed by atoms with Crippen LogP contribution in [0, 0.1) is 0 Å². The fraction of sp³-hybridized carbons (Fsp3) is 0.385. The van der Waals surface area contributed by atoms with Gasteiger partial charge < -0.3 is 9.64 Å². The maximum absolute atomic E-state index is 12.8. The zero-order valence-electron chi connectivity index (χ0n) is 18.4. The summed E-state index contributed by atoms with van der Waals surface area (Å²) in [4.78, 5) is 27.6. The van der Waals surface area contributed by atoms with E-state index in [1.807, 2.05) is 17.2 Å². The molecule has 0 radical (unpaired) electrons. The van der Waals surface area contributed by atoms with E-state index in [1.165, 1.54) is 17.5 Å². The third-order valence-corrected chi connectivity index (χ3v) is 6.53. The molecule has 6 heteroatoms. The molecule has 1 atom stereocenters. The van der Waals surface area contributed by atoms with Crippen LogP contribution in [0.15, 0.2) is 55.2 Å². The van der Waals surface area contributed by atoms with E-state index in [4.69, 9.17) is 4.74 Å². The van der Waals surface area contributed by atoms with Crippen LogP contribution in [0.25, 0.3) is 11.1 Å². The van der Waals surface area contributed by atoms with E-state index in [9.17, 15) is 4.79 Å². The minimum atomic E-state index is 0.251. The highest BCUT2D eigenvalue weighted by Crippen LogP contribution is 2.31. The van der Waals surface area contributed by atoms with E-state index in [-0.39, 0.29) is 12.0 Å². The molecule has 0 unspecified atom stereocenters. The minimum Gasteiger partial charge on any atom is -0.490 e. The number of hydrogen-bond acceptors (Lipinski definition) is 5. The standard InChI is InChI=1S/C26H28N4O2/c1-18-12-22-13-19(2-6-25(22)32-18)3-7-26(31)30-10-8-20(9-11-30)24-5-4-21(16-29-24)23-14-27-17-28-15-23/h2,4-6,13-18,20H,3,7-12H2,1H3/t18-/m1/s1. The van der Waals surface area contributed by atoms with Crippen molar-refractivity contribution < 1.29 is 9.53 Å². The van der Waals surface area contributed by atoms with E-state index < -0.39 is 0 Å². The molecule has 0 bridgehead atoms. The van der Waals surface area contributed by atoms with Gasteiger partial charge in [0.05, 0.1) is 0 Å². The van der Waals surface area contributed by atoms with Gasteiger partial charge in [-0.15, -0.1) is 0 Å². The van der Waals surface area contributed by atoms with E-state index in [1.54, 1.807) is 12.4 Å². The zero-order valence-corrected chi connectivity index (χ0v) is 18.4.